The SMILES string of the molecule is COc1cccc(-c2ccccc2NC(=O)C2CCN(Cc3ccc(F)cc3)CC2)c1. The van der Waals surface area contributed by atoms with E-state index in [-0.39, 0.29) is 17.6 Å². The van der Waals surface area contributed by atoms with Crippen LogP contribution in [0.1, 0.15) is 18.4 Å². The van der Waals surface area contributed by atoms with Crippen LogP contribution in [0.15, 0.2) is 72.8 Å². The lowest BCUT2D eigenvalue weighted by atomic mass is 9.95. The molecule has 0 aromatic heterocycles. The molecule has 4 rings (SSSR count). The molecule has 0 radical (unpaired) electrons. The Morgan fingerprint density at radius 1 is 1.03 bits per heavy atom. The van der Waals surface area contributed by atoms with Gasteiger partial charge in [-0.15, -0.1) is 0 Å². The minimum atomic E-state index is -0.214. The van der Waals surface area contributed by atoms with Gasteiger partial charge in [0.2, 0.25) is 5.91 Å². The minimum absolute atomic E-state index is 0.0113. The summed E-state index contributed by atoms with van der Waals surface area (Å²) in [6, 6.07) is 22.3. The summed E-state index contributed by atoms with van der Waals surface area (Å²) in [5.41, 5.74) is 3.89. The molecule has 160 valence electrons. The van der Waals surface area contributed by atoms with Crippen molar-refractivity contribution < 1.29 is 13.9 Å². The number of halogens is 1. The molecule has 1 saturated heterocycles. The zero-order valence-electron chi connectivity index (χ0n) is 17.7. The number of rotatable bonds is 6. The fourth-order valence-corrected chi connectivity index (χ4v) is 4.07. The first-order valence-corrected chi connectivity index (χ1v) is 10.6. The number of likely N-dealkylation sites (tertiary alicyclic amines) is 1. The second-order valence-corrected chi connectivity index (χ2v) is 7.94. The lowest BCUT2D eigenvalue weighted by Gasteiger charge is -2.31. The van der Waals surface area contributed by atoms with E-state index in [0.29, 0.717) is 0 Å². The molecule has 0 spiro atoms. The molecule has 0 aliphatic carbocycles. The van der Waals surface area contributed by atoms with Gasteiger partial charge in [-0.2, -0.15) is 0 Å². The number of methoxy groups -OCH3 is 1. The van der Waals surface area contributed by atoms with Gasteiger partial charge in [0, 0.05) is 23.7 Å². The van der Waals surface area contributed by atoms with Crippen molar-refractivity contribution in [2.24, 2.45) is 5.92 Å². The van der Waals surface area contributed by atoms with Crippen molar-refractivity contribution in [2.75, 3.05) is 25.5 Å². The second kappa shape index (κ2) is 9.75. The van der Waals surface area contributed by atoms with Crippen LogP contribution >= 0.6 is 0 Å². The summed E-state index contributed by atoms with van der Waals surface area (Å²) in [5, 5.41) is 3.15. The smallest absolute Gasteiger partial charge is 0.227 e. The minimum Gasteiger partial charge on any atom is -0.497 e. The van der Waals surface area contributed by atoms with Crippen LogP contribution in [-0.4, -0.2) is 31.0 Å². The number of nitrogens with zero attached hydrogens (tertiary/aromatic N) is 1. The van der Waals surface area contributed by atoms with Crippen LogP contribution in [0, 0.1) is 11.7 Å². The molecule has 4 nitrogen and oxygen atoms in total. The Morgan fingerprint density at radius 2 is 1.77 bits per heavy atom. The zero-order chi connectivity index (χ0) is 21.6. The summed E-state index contributed by atoms with van der Waals surface area (Å²) >= 11 is 0. The molecule has 1 amide bonds. The molecule has 31 heavy (non-hydrogen) atoms. The third kappa shape index (κ3) is 5.30. The average Bonchev–Trinajstić information content (AvgIpc) is 2.81. The van der Waals surface area contributed by atoms with Gasteiger partial charge in [-0.3, -0.25) is 9.69 Å². The van der Waals surface area contributed by atoms with Crippen LogP contribution in [0.4, 0.5) is 10.1 Å². The van der Waals surface area contributed by atoms with Gasteiger partial charge in [-0.1, -0.05) is 42.5 Å². The number of hydrogen-bond donors (Lipinski definition) is 1. The highest BCUT2D eigenvalue weighted by Crippen LogP contribution is 2.31. The van der Waals surface area contributed by atoms with Crippen molar-refractivity contribution >= 4 is 11.6 Å². The molecule has 1 heterocycles. The molecule has 5 heteroatoms. The predicted molar refractivity (Wildman–Crippen MR) is 121 cm³/mol. The Kier molecular flexibility index (Phi) is 6.63. The van der Waals surface area contributed by atoms with Gasteiger partial charge in [-0.25, -0.2) is 4.39 Å². The number of carbonyl (C=O) groups is 1. The average molecular weight is 419 g/mol. The summed E-state index contributed by atoms with van der Waals surface area (Å²) < 4.78 is 18.4. The highest BCUT2D eigenvalue weighted by Gasteiger charge is 2.25. The highest BCUT2D eigenvalue weighted by atomic mass is 19.1. The lowest BCUT2D eigenvalue weighted by Crippen LogP contribution is -2.37. The molecule has 1 fully saturated rings. The quantitative estimate of drug-likeness (QED) is 0.587. The summed E-state index contributed by atoms with van der Waals surface area (Å²) in [7, 11) is 1.65. The van der Waals surface area contributed by atoms with Crippen molar-refractivity contribution in [3.63, 3.8) is 0 Å². The van der Waals surface area contributed by atoms with Crippen LogP contribution in [0.2, 0.25) is 0 Å². The van der Waals surface area contributed by atoms with Crippen molar-refractivity contribution in [1.29, 1.82) is 0 Å². The standard InChI is InChI=1S/C26H27FN2O2/c1-31-23-6-4-5-21(17-23)24-7-2-3-8-25(24)28-26(30)20-13-15-29(16-14-20)18-19-9-11-22(27)12-10-19/h2-12,17,20H,13-16,18H2,1H3,(H,28,30). The summed E-state index contributed by atoms with van der Waals surface area (Å²) in [6.07, 6.45) is 1.63. The van der Waals surface area contributed by atoms with Crippen molar-refractivity contribution in [3.05, 3.63) is 84.2 Å². The number of anilines is 1. The van der Waals surface area contributed by atoms with Gasteiger partial charge >= 0.3 is 0 Å². The zero-order valence-corrected chi connectivity index (χ0v) is 17.7. The summed E-state index contributed by atoms with van der Waals surface area (Å²) in [4.78, 5) is 15.3. The topological polar surface area (TPSA) is 41.6 Å². The number of para-hydroxylation sites is 1. The molecule has 1 N–H and O–H groups in total. The van der Waals surface area contributed by atoms with Gasteiger partial charge in [0.05, 0.1) is 7.11 Å². The molecule has 1 aliphatic heterocycles. The summed E-state index contributed by atoms with van der Waals surface area (Å²) in [6.45, 7) is 2.49. The fourth-order valence-electron chi connectivity index (χ4n) is 4.07. The molecular formula is C26H27FN2O2. The lowest BCUT2D eigenvalue weighted by molar-refractivity contribution is -0.121. The number of nitrogens with one attached hydrogen (secondary N) is 1. The van der Waals surface area contributed by atoms with E-state index >= 15 is 0 Å². The van der Waals surface area contributed by atoms with Gasteiger partial charge in [0.1, 0.15) is 11.6 Å². The Balaban J connectivity index is 1.38. The molecule has 3 aromatic carbocycles. The number of ether oxygens (including phenoxy) is 1. The van der Waals surface area contributed by atoms with Crippen molar-refractivity contribution in [2.45, 2.75) is 19.4 Å². The second-order valence-electron chi connectivity index (χ2n) is 7.94. The van der Waals surface area contributed by atoms with E-state index in [0.717, 1.165) is 60.6 Å². The Bertz CT molecular complexity index is 1030. The van der Waals surface area contributed by atoms with E-state index in [2.05, 4.69) is 10.2 Å². The predicted octanol–water partition coefficient (Wildman–Crippen LogP) is 5.35. The van der Waals surface area contributed by atoms with Gasteiger partial charge < -0.3 is 10.1 Å². The van der Waals surface area contributed by atoms with Crippen LogP contribution in [0.5, 0.6) is 5.75 Å². The first-order valence-electron chi connectivity index (χ1n) is 10.6. The number of hydrogen-bond acceptors (Lipinski definition) is 3. The van der Waals surface area contributed by atoms with E-state index in [1.54, 1.807) is 7.11 Å². The third-order valence-corrected chi connectivity index (χ3v) is 5.84. The Morgan fingerprint density at radius 3 is 2.52 bits per heavy atom. The van der Waals surface area contributed by atoms with Crippen LogP contribution in [0.25, 0.3) is 11.1 Å². The molecule has 0 atom stereocenters. The third-order valence-electron chi connectivity index (χ3n) is 5.84. The van der Waals surface area contributed by atoms with Crippen LogP contribution < -0.4 is 10.1 Å². The van der Waals surface area contributed by atoms with E-state index in [1.807, 2.05) is 60.7 Å². The molecular weight excluding hydrogens is 391 g/mol. The monoisotopic (exact) mass is 418 g/mol. The van der Waals surface area contributed by atoms with Gasteiger partial charge in [-0.05, 0) is 67.4 Å². The van der Waals surface area contributed by atoms with Gasteiger partial charge in [0.25, 0.3) is 0 Å². The van der Waals surface area contributed by atoms with E-state index < -0.39 is 0 Å². The van der Waals surface area contributed by atoms with Crippen molar-refractivity contribution in [3.8, 4) is 16.9 Å². The maximum absolute atomic E-state index is 13.1. The first kappa shape index (κ1) is 21.1. The van der Waals surface area contributed by atoms with E-state index in [9.17, 15) is 9.18 Å². The van der Waals surface area contributed by atoms with Gasteiger partial charge in [0.15, 0.2) is 0 Å². The highest BCUT2D eigenvalue weighted by molar-refractivity contribution is 5.96. The van der Waals surface area contributed by atoms with E-state index in [1.165, 1.54) is 12.1 Å². The first-order chi connectivity index (χ1) is 15.1. The normalized spacial score (nSPS) is 14.9. The van der Waals surface area contributed by atoms with Crippen LogP contribution in [-0.2, 0) is 11.3 Å². The van der Waals surface area contributed by atoms with Crippen LogP contribution in [0.3, 0.4) is 0 Å². The maximum Gasteiger partial charge on any atom is 0.227 e. The molecule has 1 aliphatic rings. The summed E-state index contributed by atoms with van der Waals surface area (Å²) in [5.74, 6) is 0.625. The van der Waals surface area contributed by atoms with E-state index in [4.69, 9.17) is 4.74 Å². The largest absolute Gasteiger partial charge is 0.497 e. The Hall–Kier alpha value is -3.18. The molecule has 3 aromatic rings. The Labute approximate surface area is 182 Å². The molecule has 0 bridgehead atoms. The number of carbonyl (C=O) groups excluding carboxylic acids is 1. The number of benzene rings is 3. The number of piperidine rings is 1. The molecule has 0 unspecified atom stereocenters. The number of amides is 1. The maximum atomic E-state index is 13.1. The molecule has 0 saturated carbocycles. The fraction of sp³-hybridized carbons (Fsp3) is 0.269. The van der Waals surface area contributed by atoms with Crippen molar-refractivity contribution in [1.82, 2.24) is 4.90 Å².